The Labute approximate surface area is 238 Å². The van der Waals surface area contributed by atoms with Crippen molar-refractivity contribution in [1.82, 2.24) is 9.80 Å². The first kappa shape index (κ1) is 28.4. The molecule has 5 rings (SSSR count). The highest BCUT2D eigenvalue weighted by molar-refractivity contribution is 6.19. The molecule has 2 heterocycles. The maximum absolute atomic E-state index is 14.3. The Morgan fingerprint density at radius 1 is 1.02 bits per heavy atom. The number of carbonyl (C=O) groups excluding carboxylic acids is 3. The minimum Gasteiger partial charge on any atom is -0.491 e. The molecule has 2 aliphatic rings. The molecule has 0 radical (unpaired) electrons. The van der Waals surface area contributed by atoms with Crippen molar-refractivity contribution in [3.05, 3.63) is 95.6 Å². The molecule has 2 atom stereocenters. The lowest BCUT2D eigenvalue weighted by Gasteiger charge is -2.45. The van der Waals surface area contributed by atoms with Crippen molar-refractivity contribution >= 4 is 23.4 Å². The fourth-order valence-electron chi connectivity index (χ4n) is 5.89. The van der Waals surface area contributed by atoms with Crippen LogP contribution in [0.15, 0.2) is 72.8 Å². The number of hydrogen-bond donors (Lipinski definition) is 0. The fraction of sp³-hybridized carbons (Fsp3) is 0.344. The topological polar surface area (TPSA) is 70.2 Å². The van der Waals surface area contributed by atoms with E-state index in [0.717, 1.165) is 22.3 Å². The van der Waals surface area contributed by atoms with Crippen LogP contribution in [0.5, 0.6) is 5.75 Å². The molecule has 3 aromatic rings. The third kappa shape index (κ3) is 5.59. The Hall–Kier alpha value is -4.11. The monoisotopic (exact) mass is 561 g/mol. The van der Waals surface area contributed by atoms with Crippen LogP contribution < -0.4 is 9.64 Å². The quantitative estimate of drug-likeness (QED) is 0.256. The molecule has 0 bridgehead atoms. The summed E-state index contributed by atoms with van der Waals surface area (Å²) in [4.78, 5) is 45.3. The van der Waals surface area contributed by atoms with E-state index in [0.29, 0.717) is 13.1 Å². The molecule has 0 saturated carbocycles. The summed E-state index contributed by atoms with van der Waals surface area (Å²) in [6.07, 6.45) is 0.609. The number of likely N-dealkylation sites (tertiary alicyclic amines) is 1. The Bertz CT molecular complexity index is 1480. The van der Waals surface area contributed by atoms with E-state index < -0.39 is 41.4 Å². The van der Waals surface area contributed by atoms with E-state index in [1.165, 1.54) is 41.3 Å². The number of rotatable bonds is 8. The first-order valence-corrected chi connectivity index (χ1v) is 13.8. The highest BCUT2D eigenvalue weighted by Gasteiger charge is 2.60. The van der Waals surface area contributed by atoms with Gasteiger partial charge < -0.3 is 4.74 Å². The van der Waals surface area contributed by atoms with E-state index in [4.69, 9.17) is 4.74 Å². The molecule has 3 aromatic carbocycles. The van der Waals surface area contributed by atoms with Crippen molar-refractivity contribution in [2.24, 2.45) is 0 Å². The number of ether oxygens (including phenoxy) is 1. The molecule has 2 aliphatic heterocycles. The minimum atomic E-state index is -1.31. The number of imide groups is 1. The number of hydrogen-bond acceptors (Lipinski definition) is 5. The molecule has 0 N–H and O–H groups in total. The van der Waals surface area contributed by atoms with Crippen LogP contribution in [0.2, 0.25) is 0 Å². The average molecular weight is 562 g/mol. The number of benzene rings is 3. The van der Waals surface area contributed by atoms with Crippen molar-refractivity contribution in [2.75, 3.05) is 18.0 Å². The van der Waals surface area contributed by atoms with Gasteiger partial charge in [-0.1, -0.05) is 30.3 Å². The van der Waals surface area contributed by atoms with E-state index in [1.807, 2.05) is 45.0 Å². The van der Waals surface area contributed by atoms with Gasteiger partial charge in [0.15, 0.2) is 5.78 Å². The summed E-state index contributed by atoms with van der Waals surface area (Å²) in [7, 11) is 0. The van der Waals surface area contributed by atoms with Crippen LogP contribution in [-0.4, -0.2) is 58.3 Å². The van der Waals surface area contributed by atoms with Crippen LogP contribution >= 0.6 is 0 Å². The fourth-order valence-corrected chi connectivity index (χ4v) is 5.89. The molecule has 7 nitrogen and oxygen atoms in total. The van der Waals surface area contributed by atoms with Crippen molar-refractivity contribution in [1.29, 1.82) is 0 Å². The largest absolute Gasteiger partial charge is 0.491 e. The zero-order valence-electron chi connectivity index (χ0n) is 23.3. The van der Waals surface area contributed by atoms with Crippen molar-refractivity contribution in [2.45, 2.75) is 57.8 Å². The van der Waals surface area contributed by atoms with Crippen LogP contribution in [0.25, 0.3) is 0 Å². The molecule has 214 valence electrons. The number of piperidine rings is 1. The van der Waals surface area contributed by atoms with Crippen molar-refractivity contribution in [3.63, 3.8) is 0 Å². The zero-order valence-corrected chi connectivity index (χ0v) is 23.3. The van der Waals surface area contributed by atoms with Gasteiger partial charge in [0.05, 0.1) is 18.2 Å². The van der Waals surface area contributed by atoms with Gasteiger partial charge in [-0.05, 0) is 81.6 Å². The summed E-state index contributed by atoms with van der Waals surface area (Å²) in [6.45, 7) is 6.42. The number of amides is 3. The number of anilines is 1. The first-order valence-electron chi connectivity index (χ1n) is 13.8. The summed E-state index contributed by atoms with van der Waals surface area (Å²) < 4.78 is 34.5. The number of urea groups is 1. The SMILES string of the molecule is CC(C)Oc1cccc(CN2CC[C@@]3(C[C@@H]2C)C(=O)N(CC(=O)c2ccccc2F)C(=O)N3c2cccc(F)c2)c1. The smallest absolute Gasteiger partial charge is 0.332 e. The normalized spacial score (nSPS) is 21.3. The summed E-state index contributed by atoms with van der Waals surface area (Å²) in [6, 6.07) is 18.0. The number of halogens is 2. The standard InChI is InChI=1S/C32H33F2N3O4/c1-21(2)41-26-11-6-8-23(16-26)19-35-15-14-32(18-22(35)3)30(39)36(20-29(38)27-12-4-5-13-28(27)34)31(40)37(32)25-10-7-9-24(33)17-25/h4-13,16-17,21-22H,14-15,18-20H2,1-3H3/t22-,32+/m0/s1. The first-order chi connectivity index (χ1) is 19.6. The molecule has 2 fully saturated rings. The van der Waals surface area contributed by atoms with E-state index >= 15 is 0 Å². The van der Waals surface area contributed by atoms with Gasteiger partial charge >= 0.3 is 6.03 Å². The third-order valence-electron chi connectivity index (χ3n) is 7.76. The van der Waals surface area contributed by atoms with Gasteiger partial charge in [0.2, 0.25) is 0 Å². The molecule has 41 heavy (non-hydrogen) atoms. The van der Waals surface area contributed by atoms with E-state index in [1.54, 1.807) is 6.07 Å². The second-order valence-electron chi connectivity index (χ2n) is 11.0. The second kappa shape index (κ2) is 11.4. The molecule has 0 aliphatic carbocycles. The lowest BCUT2D eigenvalue weighted by molar-refractivity contribution is -0.132. The van der Waals surface area contributed by atoms with E-state index in [9.17, 15) is 23.2 Å². The molecular formula is C32H33F2N3O4. The molecular weight excluding hydrogens is 528 g/mol. The van der Waals surface area contributed by atoms with Gasteiger partial charge in [-0.15, -0.1) is 0 Å². The predicted molar refractivity (Wildman–Crippen MR) is 151 cm³/mol. The van der Waals surface area contributed by atoms with E-state index in [-0.39, 0.29) is 36.2 Å². The number of carbonyl (C=O) groups is 3. The summed E-state index contributed by atoms with van der Waals surface area (Å²) in [5, 5.41) is 0. The van der Waals surface area contributed by atoms with Gasteiger partial charge in [0.25, 0.3) is 5.91 Å². The minimum absolute atomic E-state index is 0.0481. The lowest BCUT2D eigenvalue weighted by atomic mass is 9.81. The predicted octanol–water partition coefficient (Wildman–Crippen LogP) is 5.83. The average Bonchev–Trinajstić information content (AvgIpc) is 3.11. The molecule has 2 saturated heterocycles. The number of Topliss-reactive ketones (excluding diaryl/α,β-unsaturated/α-hetero) is 1. The van der Waals surface area contributed by atoms with Crippen molar-refractivity contribution in [3.8, 4) is 5.75 Å². The van der Waals surface area contributed by atoms with Gasteiger partial charge in [-0.2, -0.15) is 0 Å². The highest BCUT2D eigenvalue weighted by atomic mass is 19.1. The summed E-state index contributed by atoms with van der Waals surface area (Å²) in [5.41, 5.74) is -0.209. The van der Waals surface area contributed by atoms with Crippen LogP contribution in [0.1, 0.15) is 49.5 Å². The van der Waals surface area contributed by atoms with Crippen LogP contribution in [0.3, 0.4) is 0 Å². The second-order valence-corrected chi connectivity index (χ2v) is 11.0. The summed E-state index contributed by atoms with van der Waals surface area (Å²) >= 11 is 0. The zero-order chi connectivity index (χ0) is 29.3. The van der Waals surface area contributed by atoms with Crippen LogP contribution in [-0.2, 0) is 11.3 Å². The number of ketones is 1. The third-order valence-corrected chi connectivity index (χ3v) is 7.76. The van der Waals surface area contributed by atoms with Crippen molar-refractivity contribution < 1.29 is 27.9 Å². The van der Waals surface area contributed by atoms with Crippen LogP contribution in [0.4, 0.5) is 19.3 Å². The Balaban J connectivity index is 1.42. The lowest BCUT2D eigenvalue weighted by Crippen LogP contribution is -2.59. The van der Waals surface area contributed by atoms with Gasteiger partial charge in [0.1, 0.15) is 22.9 Å². The Morgan fingerprint density at radius 3 is 2.49 bits per heavy atom. The molecule has 9 heteroatoms. The molecule has 1 spiro atoms. The number of nitrogens with zero attached hydrogens (tertiary/aromatic N) is 3. The van der Waals surface area contributed by atoms with Gasteiger partial charge in [-0.3, -0.25) is 24.3 Å². The Morgan fingerprint density at radius 2 is 1.78 bits per heavy atom. The maximum Gasteiger partial charge on any atom is 0.332 e. The van der Waals surface area contributed by atoms with Gasteiger partial charge in [0, 0.05) is 24.8 Å². The molecule has 3 amide bonds. The maximum atomic E-state index is 14.3. The molecule has 0 unspecified atom stereocenters. The van der Waals surface area contributed by atoms with E-state index in [2.05, 4.69) is 4.90 Å². The highest BCUT2D eigenvalue weighted by Crippen LogP contribution is 2.43. The van der Waals surface area contributed by atoms with Gasteiger partial charge in [-0.25, -0.2) is 13.6 Å². The summed E-state index contributed by atoms with van der Waals surface area (Å²) in [5.74, 6) is -1.71. The molecule has 0 aromatic heterocycles. The van der Waals surface area contributed by atoms with Crippen LogP contribution in [0, 0.1) is 11.6 Å². The Kier molecular flexibility index (Phi) is 7.91.